The maximum atomic E-state index is 13.0. The summed E-state index contributed by atoms with van der Waals surface area (Å²) in [7, 11) is 0. The Kier molecular flexibility index (Phi) is 2.81. The summed E-state index contributed by atoms with van der Waals surface area (Å²) in [5.74, 6) is -1.22. The van der Waals surface area contributed by atoms with Gasteiger partial charge < -0.3 is 5.73 Å². The molecule has 0 spiro atoms. The van der Waals surface area contributed by atoms with Crippen molar-refractivity contribution in [2.24, 2.45) is 11.7 Å². The van der Waals surface area contributed by atoms with E-state index >= 15 is 0 Å². The summed E-state index contributed by atoms with van der Waals surface area (Å²) >= 11 is 0. The van der Waals surface area contributed by atoms with Crippen LogP contribution in [0.4, 0.5) is 4.39 Å². The van der Waals surface area contributed by atoms with Crippen LogP contribution in [-0.4, -0.2) is 11.6 Å². The molecule has 2 N–H and O–H groups in total. The molecule has 0 heterocycles. The SMILES string of the molecule is CCC(C(N)=O)C(C)(C)F. The normalized spacial score (nSPS) is 14.8. The average molecular weight is 147 g/mol. The maximum absolute atomic E-state index is 13.0. The van der Waals surface area contributed by atoms with E-state index in [1.807, 2.05) is 0 Å². The monoisotopic (exact) mass is 147 g/mol. The number of carbonyl (C=O) groups is 1. The minimum Gasteiger partial charge on any atom is -0.369 e. The summed E-state index contributed by atoms with van der Waals surface area (Å²) in [5.41, 5.74) is 3.47. The van der Waals surface area contributed by atoms with Crippen LogP contribution < -0.4 is 5.73 Å². The van der Waals surface area contributed by atoms with Crippen molar-refractivity contribution >= 4 is 5.91 Å². The van der Waals surface area contributed by atoms with E-state index < -0.39 is 17.5 Å². The number of carbonyl (C=O) groups excluding carboxylic acids is 1. The van der Waals surface area contributed by atoms with Gasteiger partial charge in [0.2, 0.25) is 5.91 Å². The van der Waals surface area contributed by atoms with Crippen LogP contribution in [0.1, 0.15) is 27.2 Å². The molecule has 0 aliphatic carbocycles. The second kappa shape index (κ2) is 2.99. The molecule has 0 saturated carbocycles. The highest BCUT2D eigenvalue weighted by molar-refractivity contribution is 5.77. The lowest BCUT2D eigenvalue weighted by Gasteiger charge is -2.22. The molecule has 1 unspecified atom stereocenters. The molecule has 0 aromatic heterocycles. The van der Waals surface area contributed by atoms with E-state index in [1.165, 1.54) is 13.8 Å². The van der Waals surface area contributed by atoms with Crippen LogP contribution >= 0.6 is 0 Å². The van der Waals surface area contributed by atoms with E-state index in [0.717, 1.165) is 0 Å². The van der Waals surface area contributed by atoms with Crippen molar-refractivity contribution < 1.29 is 9.18 Å². The Morgan fingerprint density at radius 2 is 2.10 bits per heavy atom. The van der Waals surface area contributed by atoms with E-state index in [4.69, 9.17) is 5.73 Å². The molecule has 60 valence electrons. The molecule has 0 rings (SSSR count). The Balaban J connectivity index is 4.22. The zero-order chi connectivity index (χ0) is 8.36. The third kappa shape index (κ3) is 2.33. The molecule has 0 aliphatic heterocycles. The summed E-state index contributed by atoms with van der Waals surface area (Å²) in [6, 6.07) is 0. The molecule has 0 radical (unpaired) electrons. The molecule has 0 saturated heterocycles. The van der Waals surface area contributed by atoms with Gasteiger partial charge in [0.25, 0.3) is 0 Å². The molecule has 1 atom stereocenters. The standard InChI is InChI=1S/C7H14FNO/c1-4-5(6(9)10)7(2,3)8/h5H,4H2,1-3H3,(H2,9,10). The van der Waals surface area contributed by atoms with E-state index in [2.05, 4.69) is 0 Å². The highest BCUT2D eigenvalue weighted by Gasteiger charge is 2.31. The number of alkyl halides is 1. The number of hydrogen-bond acceptors (Lipinski definition) is 1. The quantitative estimate of drug-likeness (QED) is 0.641. The average Bonchev–Trinajstić information content (AvgIpc) is 1.60. The van der Waals surface area contributed by atoms with Gasteiger partial charge in [-0.05, 0) is 20.3 Å². The maximum Gasteiger partial charge on any atom is 0.223 e. The molecule has 1 amide bonds. The van der Waals surface area contributed by atoms with E-state index in [0.29, 0.717) is 6.42 Å². The minimum atomic E-state index is -1.49. The largest absolute Gasteiger partial charge is 0.369 e. The molecule has 3 heteroatoms. The summed E-state index contributed by atoms with van der Waals surface area (Å²) in [6.07, 6.45) is 0.457. The van der Waals surface area contributed by atoms with E-state index in [-0.39, 0.29) is 0 Å². The van der Waals surface area contributed by atoms with Gasteiger partial charge in [-0.1, -0.05) is 6.92 Å². The van der Waals surface area contributed by atoms with Gasteiger partial charge in [-0.15, -0.1) is 0 Å². The third-order valence-corrected chi connectivity index (χ3v) is 1.58. The van der Waals surface area contributed by atoms with Crippen LogP contribution in [0.5, 0.6) is 0 Å². The predicted octanol–water partition coefficient (Wildman–Crippen LogP) is 1.25. The predicted molar refractivity (Wildman–Crippen MR) is 38.2 cm³/mol. The first-order chi connectivity index (χ1) is 4.39. The van der Waals surface area contributed by atoms with Crippen LogP contribution in [0.3, 0.4) is 0 Å². The first kappa shape index (κ1) is 9.40. The molecule has 0 fully saturated rings. The number of halogens is 1. The molecule has 0 aromatic carbocycles. The highest BCUT2D eigenvalue weighted by atomic mass is 19.1. The second-order valence-electron chi connectivity index (χ2n) is 2.93. The van der Waals surface area contributed by atoms with Crippen LogP contribution in [0.2, 0.25) is 0 Å². The van der Waals surface area contributed by atoms with Crippen molar-refractivity contribution in [1.82, 2.24) is 0 Å². The van der Waals surface area contributed by atoms with E-state index in [1.54, 1.807) is 6.92 Å². The fourth-order valence-corrected chi connectivity index (χ4v) is 1.02. The molecule has 0 bridgehead atoms. The Hall–Kier alpha value is -0.600. The smallest absolute Gasteiger partial charge is 0.223 e. The van der Waals surface area contributed by atoms with Crippen LogP contribution in [0.15, 0.2) is 0 Å². The van der Waals surface area contributed by atoms with Gasteiger partial charge in [0.05, 0.1) is 5.92 Å². The zero-order valence-corrected chi connectivity index (χ0v) is 6.65. The topological polar surface area (TPSA) is 43.1 Å². The van der Waals surface area contributed by atoms with Crippen LogP contribution in [0, 0.1) is 5.92 Å². The third-order valence-electron chi connectivity index (χ3n) is 1.58. The van der Waals surface area contributed by atoms with Gasteiger partial charge in [0, 0.05) is 0 Å². The fourth-order valence-electron chi connectivity index (χ4n) is 1.02. The van der Waals surface area contributed by atoms with Crippen molar-refractivity contribution in [1.29, 1.82) is 0 Å². The lowest BCUT2D eigenvalue weighted by Crippen LogP contribution is -2.36. The van der Waals surface area contributed by atoms with Gasteiger partial charge in [-0.25, -0.2) is 4.39 Å². The fraction of sp³-hybridized carbons (Fsp3) is 0.857. The molecular weight excluding hydrogens is 133 g/mol. The van der Waals surface area contributed by atoms with Crippen molar-refractivity contribution in [2.45, 2.75) is 32.9 Å². The Bertz CT molecular complexity index is 128. The van der Waals surface area contributed by atoms with Gasteiger partial charge in [0.1, 0.15) is 5.67 Å². The lowest BCUT2D eigenvalue weighted by molar-refractivity contribution is -0.126. The number of hydrogen-bond donors (Lipinski definition) is 1. The van der Waals surface area contributed by atoms with E-state index in [9.17, 15) is 9.18 Å². The second-order valence-corrected chi connectivity index (χ2v) is 2.93. The van der Waals surface area contributed by atoms with Gasteiger partial charge in [-0.3, -0.25) is 4.79 Å². The van der Waals surface area contributed by atoms with Crippen LogP contribution in [0.25, 0.3) is 0 Å². The van der Waals surface area contributed by atoms with Crippen molar-refractivity contribution in [2.75, 3.05) is 0 Å². The molecular formula is C7H14FNO. The van der Waals surface area contributed by atoms with Gasteiger partial charge in [0.15, 0.2) is 0 Å². The molecule has 0 aliphatic rings. The van der Waals surface area contributed by atoms with Crippen molar-refractivity contribution in [3.8, 4) is 0 Å². The van der Waals surface area contributed by atoms with Gasteiger partial charge >= 0.3 is 0 Å². The highest BCUT2D eigenvalue weighted by Crippen LogP contribution is 2.23. The summed E-state index contributed by atoms with van der Waals surface area (Å²) in [4.78, 5) is 10.6. The minimum absolute atomic E-state index is 0.457. The number of primary amides is 1. The first-order valence-corrected chi connectivity index (χ1v) is 3.37. The Morgan fingerprint density at radius 3 is 2.10 bits per heavy atom. The molecule has 2 nitrogen and oxygen atoms in total. The lowest BCUT2D eigenvalue weighted by atomic mass is 9.90. The number of rotatable bonds is 3. The molecule has 0 aromatic rings. The van der Waals surface area contributed by atoms with Crippen molar-refractivity contribution in [3.63, 3.8) is 0 Å². The number of amides is 1. The summed E-state index contributed by atoms with van der Waals surface area (Å²) in [6.45, 7) is 4.48. The number of nitrogens with two attached hydrogens (primary N) is 1. The van der Waals surface area contributed by atoms with Gasteiger partial charge in [-0.2, -0.15) is 0 Å². The summed E-state index contributed by atoms with van der Waals surface area (Å²) < 4.78 is 13.0. The Morgan fingerprint density at radius 1 is 1.70 bits per heavy atom. The zero-order valence-electron chi connectivity index (χ0n) is 6.65. The van der Waals surface area contributed by atoms with Crippen LogP contribution in [-0.2, 0) is 4.79 Å². The van der Waals surface area contributed by atoms with Crippen molar-refractivity contribution in [3.05, 3.63) is 0 Å². The first-order valence-electron chi connectivity index (χ1n) is 3.37. The Labute approximate surface area is 60.6 Å². The molecule has 10 heavy (non-hydrogen) atoms. The summed E-state index contributed by atoms with van der Waals surface area (Å²) in [5, 5.41) is 0.